The average Bonchev–Trinajstić information content (AvgIpc) is 3.87. The molecule has 0 radical (unpaired) electrons. The molecule has 1 aliphatic heterocycles. The minimum Gasteiger partial charge on any atom is -0.509 e. The molecule has 5 nitrogen and oxygen atoms in total. The first-order chi connectivity index (χ1) is 30.3. The molecule has 6 aromatic carbocycles. The molecule has 0 amide bonds. The molecule has 0 saturated heterocycles. The second-order valence-corrected chi connectivity index (χ2v) is 20.8. The Morgan fingerprint density at radius 1 is 0.538 bits per heavy atom. The number of fused-ring (bicyclic) bond motifs is 3. The molecule has 9 rings (SSSR count). The number of allylic oxidation sites excluding steroid dienone is 1. The summed E-state index contributed by atoms with van der Waals surface area (Å²) in [5.41, 5.74) is 11.8. The molecule has 2 aromatic heterocycles. The van der Waals surface area contributed by atoms with E-state index in [-0.39, 0.29) is 42.7 Å². The topological polar surface area (TPSA) is 33.5 Å². The third-order valence-corrected chi connectivity index (χ3v) is 12.6. The summed E-state index contributed by atoms with van der Waals surface area (Å²) in [5, 5.41) is 2.22. The van der Waals surface area contributed by atoms with Crippen molar-refractivity contribution in [3.8, 4) is 28.4 Å². The van der Waals surface area contributed by atoms with Crippen molar-refractivity contribution in [3.05, 3.63) is 199 Å². The molecule has 0 N–H and O–H groups in total. The standard InChI is InChI=1S/C59H59N4O.Pt/c1-56(2,3)44-30-41(40-20-14-12-15-21-40)31-46(32-44)61-38-54(58(7,8)9)62(39-61)47-33-45(57(4,5)6)34-49(36-47)64-48-26-27-51-50-24-18-19-25-52(50)63(53(51)37-48)55-35-43(28-29-60-55)59(10,11)42-22-16-13-17-23-42;/h12-35,38-39H,1-11H3;/q-3;. The zero-order valence-corrected chi connectivity index (χ0v) is 41.8. The van der Waals surface area contributed by atoms with Crippen LogP contribution in [0.2, 0.25) is 0 Å². The van der Waals surface area contributed by atoms with Gasteiger partial charge in [-0.25, -0.2) is 4.98 Å². The fourth-order valence-electron chi connectivity index (χ4n) is 8.68. The number of para-hydroxylation sites is 1. The first-order valence-electron chi connectivity index (χ1n) is 22.4. The predicted octanol–water partition coefficient (Wildman–Crippen LogP) is 15.5. The van der Waals surface area contributed by atoms with Gasteiger partial charge in [0.2, 0.25) is 0 Å². The Labute approximate surface area is 401 Å². The van der Waals surface area contributed by atoms with Crippen LogP contribution >= 0.6 is 0 Å². The predicted molar refractivity (Wildman–Crippen MR) is 267 cm³/mol. The zero-order chi connectivity index (χ0) is 45.2. The van der Waals surface area contributed by atoms with Gasteiger partial charge in [-0.3, -0.25) is 0 Å². The van der Waals surface area contributed by atoms with E-state index in [2.05, 4.69) is 249 Å². The second kappa shape index (κ2) is 17.1. The molecule has 334 valence electrons. The van der Waals surface area contributed by atoms with Gasteiger partial charge in [-0.2, -0.15) is 6.07 Å². The minimum absolute atomic E-state index is 0. The van der Waals surface area contributed by atoms with E-state index in [1.807, 2.05) is 12.3 Å². The Morgan fingerprint density at radius 2 is 1.20 bits per heavy atom. The normalized spacial score (nSPS) is 13.6. The van der Waals surface area contributed by atoms with Crippen LogP contribution in [0.1, 0.15) is 98.4 Å². The average molecular weight is 1040 g/mol. The summed E-state index contributed by atoms with van der Waals surface area (Å²) in [6.07, 6.45) is 4.20. The molecule has 65 heavy (non-hydrogen) atoms. The van der Waals surface area contributed by atoms with Crippen LogP contribution in [0.4, 0.5) is 11.4 Å². The number of pyridine rings is 1. The maximum absolute atomic E-state index is 6.88. The van der Waals surface area contributed by atoms with Crippen LogP contribution in [0.3, 0.4) is 0 Å². The fraction of sp³-hybridized carbons (Fsp3) is 0.254. The quantitative estimate of drug-likeness (QED) is 0.142. The Balaban J connectivity index is 0.00000576. The number of aromatic nitrogens is 2. The molecular formula is C59H59N4OPt-3. The summed E-state index contributed by atoms with van der Waals surface area (Å²) >= 11 is 0. The van der Waals surface area contributed by atoms with E-state index < -0.39 is 0 Å². The smallest absolute Gasteiger partial charge is 0.135 e. The summed E-state index contributed by atoms with van der Waals surface area (Å²) < 4.78 is 9.09. The van der Waals surface area contributed by atoms with Crippen LogP contribution in [0, 0.1) is 24.2 Å². The molecule has 0 saturated carbocycles. The molecule has 0 aliphatic carbocycles. The summed E-state index contributed by atoms with van der Waals surface area (Å²) in [5.74, 6) is 2.08. The van der Waals surface area contributed by atoms with Gasteiger partial charge < -0.3 is 19.1 Å². The first kappa shape index (κ1) is 45.7. The fourth-order valence-corrected chi connectivity index (χ4v) is 8.68. The monoisotopic (exact) mass is 1030 g/mol. The van der Waals surface area contributed by atoms with Gasteiger partial charge in [-0.05, 0) is 80.6 Å². The van der Waals surface area contributed by atoms with Crippen LogP contribution in [-0.4, -0.2) is 9.55 Å². The van der Waals surface area contributed by atoms with Crippen LogP contribution in [0.15, 0.2) is 158 Å². The van der Waals surface area contributed by atoms with Crippen molar-refractivity contribution in [1.82, 2.24) is 9.55 Å². The minimum atomic E-state index is -0.227. The molecule has 0 fully saturated rings. The molecule has 0 bridgehead atoms. The third kappa shape index (κ3) is 9.05. The zero-order valence-electron chi connectivity index (χ0n) is 39.5. The molecule has 8 aromatic rings. The van der Waals surface area contributed by atoms with E-state index in [4.69, 9.17) is 9.72 Å². The summed E-state index contributed by atoms with van der Waals surface area (Å²) in [6.45, 7) is 27.1. The number of anilines is 2. The number of hydrogen-bond donors (Lipinski definition) is 0. The Kier molecular flexibility index (Phi) is 12.0. The van der Waals surface area contributed by atoms with Gasteiger partial charge in [0.05, 0.1) is 0 Å². The number of nitrogens with zero attached hydrogens (tertiary/aromatic N) is 4. The SMILES string of the molecule is CC(C)(C)C1=CN(c2cc(-c3ccccc3)cc(C(C)(C)C)c2)[CH-]N1c1[c-]c(Oc2[c-]c3c(cc2)c2ccccc2n3-c2cc(C(C)(C)c3ccccc3)ccn2)cc(C(C)(C)C)c1.[Pt]. The Bertz CT molecular complexity index is 3030. The van der Waals surface area contributed by atoms with Crippen LogP contribution < -0.4 is 14.5 Å². The van der Waals surface area contributed by atoms with Crippen molar-refractivity contribution in [2.75, 3.05) is 9.80 Å². The molecule has 0 atom stereocenters. The van der Waals surface area contributed by atoms with E-state index in [0.717, 1.165) is 50.3 Å². The molecule has 1 aliphatic rings. The maximum Gasteiger partial charge on any atom is 0.135 e. The van der Waals surface area contributed by atoms with Gasteiger partial charge in [-0.15, -0.1) is 53.6 Å². The van der Waals surface area contributed by atoms with E-state index in [0.29, 0.717) is 11.5 Å². The van der Waals surface area contributed by atoms with Crippen molar-refractivity contribution in [2.45, 2.75) is 92.4 Å². The van der Waals surface area contributed by atoms with Crippen LogP contribution in [-0.2, 0) is 37.3 Å². The summed E-state index contributed by atoms with van der Waals surface area (Å²) in [4.78, 5) is 9.52. The van der Waals surface area contributed by atoms with Gasteiger partial charge in [0.1, 0.15) is 5.82 Å². The van der Waals surface area contributed by atoms with Gasteiger partial charge in [0.25, 0.3) is 0 Å². The van der Waals surface area contributed by atoms with Crippen molar-refractivity contribution < 1.29 is 25.8 Å². The molecule has 0 spiro atoms. The maximum atomic E-state index is 6.88. The van der Waals surface area contributed by atoms with Gasteiger partial charge in [0.15, 0.2) is 0 Å². The first-order valence-corrected chi connectivity index (χ1v) is 22.4. The second-order valence-electron chi connectivity index (χ2n) is 20.8. The molecule has 3 heterocycles. The van der Waals surface area contributed by atoms with Gasteiger partial charge >= 0.3 is 0 Å². The van der Waals surface area contributed by atoms with Crippen LogP contribution in [0.5, 0.6) is 11.5 Å². The van der Waals surface area contributed by atoms with E-state index in [1.165, 1.54) is 27.8 Å². The van der Waals surface area contributed by atoms with Crippen molar-refractivity contribution in [3.63, 3.8) is 0 Å². The molecule has 6 heteroatoms. The van der Waals surface area contributed by atoms with E-state index in [1.54, 1.807) is 0 Å². The van der Waals surface area contributed by atoms with Crippen molar-refractivity contribution in [1.29, 1.82) is 0 Å². The molecule has 0 unspecified atom stereocenters. The largest absolute Gasteiger partial charge is 0.509 e. The van der Waals surface area contributed by atoms with Crippen molar-refractivity contribution in [2.24, 2.45) is 5.41 Å². The van der Waals surface area contributed by atoms with Crippen molar-refractivity contribution >= 4 is 33.2 Å². The Morgan fingerprint density at radius 3 is 1.89 bits per heavy atom. The molecular weight excluding hydrogens is 976 g/mol. The van der Waals surface area contributed by atoms with Gasteiger partial charge in [0, 0.05) is 66.5 Å². The Hall–Kier alpha value is -5.90. The van der Waals surface area contributed by atoms with Crippen LogP contribution in [0.25, 0.3) is 38.8 Å². The number of benzene rings is 6. The third-order valence-electron chi connectivity index (χ3n) is 12.6. The number of ether oxygens (including phenoxy) is 1. The number of rotatable bonds is 8. The van der Waals surface area contributed by atoms with Gasteiger partial charge in [-0.1, -0.05) is 167 Å². The van der Waals surface area contributed by atoms with E-state index in [9.17, 15) is 0 Å². The van der Waals surface area contributed by atoms with E-state index >= 15 is 0 Å². The summed E-state index contributed by atoms with van der Waals surface area (Å²) in [6, 6.07) is 57.1. The number of hydrogen-bond acceptors (Lipinski definition) is 4. The summed E-state index contributed by atoms with van der Waals surface area (Å²) in [7, 11) is 0.